The second-order valence-corrected chi connectivity index (χ2v) is 5.69. The Morgan fingerprint density at radius 2 is 1.90 bits per heavy atom. The van der Waals surface area contributed by atoms with Crippen molar-refractivity contribution in [2.45, 2.75) is 38.6 Å². The second kappa shape index (κ2) is 5.41. The third-order valence-corrected chi connectivity index (χ3v) is 3.91. The molecule has 3 nitrogen and oxygen atoms in total. The summed E-state index contributed by atoms with van der Waals surface area (Å²) in [6.45, 7) is 2.70. The molecule has 0 spiro atoms. The molecule has 20 heavy (non-hydrogen) atoms. The highest BCUT2D eigenvalue weighted by atomic mass is 35.5. The summed E-state index contributed by atoms with van der Waals surface area (Å²) in [4.78, 5) is 16.5. The average molecular weight is 289 g/mol. The van der Waals surface area contributed by atoms with Gasteiger partial charge >= 0.3 is 0 Å². The Morgan fingerprint density at radius 1 is 1.25 bits per heavy atom. The molecule has 3 rings (SSSR count). The van der Waals surface area contributed by atoms with E-state index >= 15 is 0 Å². The largest absolute Gasteiger partial charge is 0.292 e. The highest BCUT2D eigenvalue weighted by molar-refractivity contribution is 6.29. The molecule has 1 aromatic heterocycles. The lowest BCUT2D eigenvalue weighted by Crippen LogP contribution is -2.24. The van der Waals surface area contributed by atoms with Crippen molar-refractivity contribution < 1.29 is 0 Å². The summed E-state index contributed by atoms with van der Waals surface area (Å²) in [5.41, 5.74) is 2.36. The van der Waals surface area contributed by atoms with Crippen molar-refractivity contribution >= 4 is 11.6 Å². The Labute approximate surface area is 123 Å². The molecule has 1 heterocycles. The van der Waals surface area contributed by atoms with Crippen LogP contribution in [0, 0.1) is 0 Å². The highest BCUT2D eigenvalue weighted by Crippen LogP contribution is 2.38. The van der Waals surface area contributed by atoms with Crippen LogP contribution in [0.2, 0.25) is 5.15 Å². The first-order valence-corrected chi connectivity index (χ1v) is 7.40. The Morgan fingerprint density at radius 3 is 2.50 bits per heavy atom. The zero-order valence-electron chi connectivity index (χ0n) is 11.5. The maximum Gasteiger partial charge on any atom is 0.255 e. The zero-order valence-corrected chi connectivity index (χ0v) is 12.2. The van der Waals surface area contributed by atoms with Crippen molar-refractivity contribution in [3.8, 4) is 0 Å². The van der Waals surface area contributed by atoms with Gasteiger partial charge in [-0.3, -0.25) is 9.36 Å². The number of aryl methyl sites for hydroxylation is 1. The van der Waals surface area contributed by atoms with E-state index in [1.54, 1.807) is 4.57 Å². The molecular weight excluding hydrogens is 272 g/mol. The Hall–Kier alpha value is -1.61. The van der Waals surface area contributed by atoms with Gasteiger partial charge in [-0.15, -0.1) is 0 Å². The number of nitrogens with zero attached hydrogens (tertiary/aromatic N) is 2. The van der Waals surface area contributed by atoms with Gasteiger partial charge in [0.15, 0.2) is 0 Å². The van der Waals surface area contributed by atoms with Crippen LogP contribution in [0.25, 0.3) is 0 Å². The normalized spacial score (nSPS) is 14.5. The molecular formula is C16H17ClN2O. The zero-order chi connectivity index (χ0) is 14.1. The summed E-state index contributed by atoms with van der Waals surface area (Å²) in [6.07, 6.45) is 3.22. The third-order valence-electron chi connectivity index (χ3n) is 3.72. The summed E-state index contributed by atoms with van der Waals surface area (Å²) in [6, 6.07) is 9.78. The molecule has 0 atom stereocenters. The van der Waals surface area contributed by atoms with Gasteiger partial charge in [-0.1, -0.05) is 42.8 Å². The molecule has 1 aliphatic rings. The average Bonchev–Trinajstić information content (AvgIpc) is 3.27. The van der Waals surface area contributed by atoms with E-state index < -0.39 is 0 Å². The van der Waals surface area contributed by atoms with E-state index in [1.807, 2.05) is 0 Å². The van der Waals surface area contributed by atoms with E-state index in [1.165, 1.54) is 11.6 Å². The molecule has 1 fully saturated rings. The fourth-order valence-electron chi connectivity index (χ4n) is 2.37. The van der Waals surface area contributed by atoms with Gasteiger partial charge in [0, 0.05) is 12.0 Å². The van der Waals surface area contributed by atoms with Crippen molar-refractivity contribution in [2.24, 2.45) is 0 Å². The number of hydrogen-bond donors (Lipinski definition) is 0. The Balaban J connectivity index is 1.95. The number of rotatable bonds is 4. The van der Waals surface area contributed by atoms with Gasteiger partial charge in [0.25, 0.3) is 5.56 Å². The second-order valence-electron chi connectivity index (χ2n) is 5.31. The molecule has 4 heteroatoms. The number of halogens is 1. The first-order chi connectivity index (χ1) is 9.67. The van der Waals surface area contributed by atoms with E-state index in [2.05, 4.69) is 36.2 Å². The molecule has 0 amide bonds. The topological polar surface area (TPSA) is 34.9 Å². The van der Waals surface area contributed by atoms with E-state index in [9.17, 15) is 4.79 Å². The van der Waals surface area contributed by atoms with Crippen molar-refractivity contribution in [2.75, 3.05) is 0 Å². The van der Waals surface area contributed by atoms with Crippen LogP contribution in [-0.2, 0) is 13.0 Å². The molecule has 1 aliphatic carbocycles. The number of benzene rings is 1. The van der Waals surface area contributed by atoms with Crippen LogP contribution >= 0.6 is 11.6 Å². The Bertz CT molecular complexity index is 672. The minimum Gasteiger partial charge on any atom is -0.292 e. The van der Waals surface area contributed by atoms with Gasteiger partial charge in [0.1, 0.15) is 11.0 Å². The molecule has 104 valence electrons. The summed E-state index contributed by atoms with van der Waals surface area (Å²) < 4.78 is 1.75. The predicted molar refractivity (Wildman–Crippen MR) is 80.4 cm³/mol. The lowest BCUT2D eigenvalue weighted by Gasteiger charge is -2.12. The Kier molecular flexibility index (Phi) is 3.62. The molecule has 0 unspecified atom stereocenters. The van der Waals surface area contributed by atoms with Gasteiger partial charge in [0.05, 0.1) is 6.54 Å². The maximum atomic E-state index is 12.2. The fourth-order valence-corrected chi connectivity index (χ4v) is 2.55. The van der Waals surface area contributed by atoms with Crippen molar-refractivity contribution in [1.82, 2.24) is 9.55 Å². The molecule has 2 aromatic rings. The van der Waals surface area contributed by atoms with E-state index in [0.29, 0.717) is 17.6 Å². The predicted octanol–water partition coefficient (Wildman–Crippen LogP) is 3.38. The maximum absolute atomic E-state index is 12.2. The van der Waals surface area contributed by atoms with Crippen molar-refractivity contribution in [3.05, 3.63) is 62.8 Å². The van der Waals surface area contributed by atoms with E-state index in [-0.39, 0.29) is 5.56 Å². The highest BCUT2D eigenvalue weighted by Gasteiger charge is 2.28. The minimum absolute atomic E-state index is 0.0635. The molecule has 0 aliphatic heterocycles. The summed E-state index contributed by atoms with van der Waals surface area (Å²) in [5, 5.41) is 0.300. The van der Waals surface area contributed by atoms with Crippen LogP contribution in [0.1, 0.15) is 42.6 Å². The van der Waals surface area contributed by atoms with Gasteiger partial charge in [-0.05, 0) is 30.4 Å². The van der Waals surface area contributed by atoms with Crippen LogP contribution in [-0.4, -0.2) is 9.55 Å². The quantitative estimate of drug-likeness (QED) is 0.808. The smallest absolute Gasteiger partial charge is 0.255 e. The van der Waals surface area contributed by atoms with Crippen molar-refractivity contribution in [3.63, 3.8) is 0 Å². The third kappa shape index (κ3) is 2.78. The standard InChI is InChI=1S/C16H17ClN2O/c1-2-11-3-5-12(6-4-11)10-19-15(20)9-14(17)18-16(19)13-7-8-13/h3-6,9,13H,2,7-8,10H2,1H3. The molecule has 1 aromatic carbocycles. The van der Waals surface area contributed by atoms with Gasteiger partial charge in [0.2, 0.25) is 0 Å². The van der Waals surface area contributed by atoms with Crippen LogP contribution in [0.3, 0.4) is 0 Å². The van der Waals surface area contributed by atoms with E-state index in [0.717, 1.165) is 30.7 Å². The van der Waals surface area contributed by atoms with Crippen LogP contribution in [0.4, 0.5) is 0 Å². The summed E-state index contributed by atoms with van der Waals surface area (Å²) >= 11 is 5.91. The van der Waals surface area contributed by atoms with Crippen LogP contribution in [0.15, 0.2) is 35.1 Å². The number of hydrogen-bond acceptors (Lipinski definition) is 2. The summed E-state index contributed by atoms with van der Waals surface area (Å²) in [5.74, 6) is 1.23. The lowest BCUT2D eigenvalue weighted by molar-refractivity contribution is 0.669. The molecule has 1 saturated carbocycles. The SMILES string of the molecule is CCc1ccc(Cn2c(C3CC3)nc(Cl)cc2=O)cc1. The molecule has 0 saturated heterocycles. The lowest BCUT2D eigenvalue weighted by atomic mass is 10.1. The summed E-state index contributed by atoms with van der Waals surface area (Å²) in [7, 11) is 0. The fraction of sp³-hybridized carbons (Fsp3) is 0.375. The van der Waals surface area contributed by atoms with Crippen molar-refractivity contribution in [1.29, 1.82) is 0 Å². The first-order valence-electron chi connectivity index (χ1n) is 7.02. The van der Waals surface area contributed by atoms with E-state index in [4.69, 9.17) is 11.6 Å². The molecule has 0 radical (unpaired) electrons. The van der Waals surface area contributed by atoms with Crippen LogP contribution in [0.5, 0.6) is 0 Å². The van der Waals surface area contributed by atoms with Crippen LogP contribution < -0.4 is 5.56 Å². The first kappa shape index (κ1) is 13.4. The van der Waals surface area contributed by atoms with Gasteiger partial charge in [-0.25, -0.2) is 4.98 Å². The molecule has 0 bridgehead atoms. The number of aromatic nitrogens is 2. The monoisotopic (exact) mass is 288 g/mol. The molecule has 0 N–H and O–H groups in total. The van der Waals surface area contributed by atoms with Gasteiger partial charge in [-0.2, -0.15) is 0 Å². The minimum atomic E-state index is -0.0635. The van der Waals surface area contributed by atoms with Gasteiger partial charge < -0.3 is 0 Å².